The molecule has 26 heavy (non-hydrogen) atoms. The molecule has 1 rings (SSSR count). The van der Waals surface area contributed by atoms with Gasteiger partial charge in [-0.2, -0.15) is 0 Å². The van der Waals surface area contributed by atoms with E-state index in [-0.39, 0.29) is 6.42 Å². The smallest absolute Gasteiger partial charge is 0.326 e. The molecule has 0 saturated carbocycles. The third-order valence-corrected chi connectivity index (χ3v) is 3.48. The molecular weight excluding hydrogens is 346 g/mol. The Balaban J connectivity index is 2.85. The van der Waals surface area contributed by atoms with E-state index in [1.807, 2.05) is 0 Å². The first-order chi connectivity index (χ1) is 12.2. The Morgan fingerprint density at radius 2 is 1.62 bits per heavy atom. The molecule has 0 fully saturated rings. The maximum atomic E-state index is 12.3. The van der Waals surface area contributed by atoms with Crippen LogP contribution in [0, 0.1) is 0 Å². The molecule has 0 aliphatic heterocycles. The van der Waals surface area contributed by atoms with Crippen molar-refractivity contribution in [3.05, 3.63) is 35.9 Å². The van der Waals surface area contributed by atoms with E-state index >= 15 is 0 Å². The topological polar surface area (TPSA) is 168 Å². The highest BCUT2D eigenvalue weighted by atomic mass is 16.6. The van der Waals surface area contributed by atoms with Gasteiger partial charge in [-0.3, -0.25) is 19.2 Å². The minimum atomic E-state index is -1.48. The number of hydrogen-bond donors (Lipinski definition) is 5. The quantitative estimate of drug-likeness (QED) is 0.329. The summed E-state index contributed by atoms with van der Waals surface area (Å²) in [4.78, 5) is 50.7. The molecule has 0 unspecified atom stereocenters. The minimum absolute atomic E-state index is 0.00202. The maximum Gasteiger partial charge on any atom is 0.326 e. The van der Waals surface area contributed by atoms with Crippen LogP contribution in [0.3, 0.4) is 0 Å². The second-order valence-electron chi connectivity index (χ2n) is 5.53. The van der Waals surface area contributed by atoms with E-state index < -0.39 is 48.4 Å². The Bertz CT molecular complexity index is 651. The first-order valence-corrected chi connectivity index (χ1v) is 7.69. The summed E-state index contributed by atoms with van der Waals surface area (Å²) in [5, 5.41) is 22.6. The minimum Gasteiger partial charge on any atom is -0.481 e. The van der Waals surface area contributed by atoms with Gasteiger partial charge in [0.05, 0.1) is 6.42 Å². The fourth-order valence-electron chi connectivity index (χ4n) is 2.06. The third kappa shape index (κ3) is 6.87. The predicted molar refractivity (Wildman–Crippen MR) is 88.6 cm³/mol. The van der Waals surface area contributed by atoms with Gasteiger partial charge in [-0.25, -0.2) is 10.7 Å². The number of rotatable bonds is 10. The molecule has 6 N–H and O–H groups in total. The van der Waals surface area contributed by atoms with Crippen LogP contribution in [0.25, 0.3) is 0 Å². The van der Waals surface area contributed by atoms with Crippen molar-refractivity contribution in [1.29, 1.82) is 0 Å². The van der Waals surface area contributed by atoms with Crippen molar-refractivity contribution < 1.29 is 34.2 Å². The maximum absolute atomic E-state index is 12.3. The molecule has 10 heteroatoms. The van der Waals surface area contributed by atoms with Gasteiger partial charge in [-0.15, -0.1) is 0 Å². The number of hydrogen-bond acceptors (Lipinski definition) is 6. The first-order valence-electron chi connectivity index (χ1n) is 7.69. The van der Waals surface area contributed by atoms with Crippen molar-refractivity contribution in [2.24, 2.45) is 5.90 Å². The summed E-state index contributed by atoms with van der Waals surface area (Å²) in [6.07, 6.45) is -1.84. The van der Waals surface area contributed by atoms with Crippen molar-refractivity contribution in [2.75, 3.05) is 0 Å². The van der Waals surface area contributed by atoms with Gasteiger partial charge in [0.25, 0.3) is 5.91 Å². The van der Waals surface area contributed by atoms with Crippen molar-refractivity contribution in [3.8, 4) is 0 Å². The Morgan fingerprint density at radius 3 is 2.12 bits per heavy atom. The molecule has 1 aromatic carbocycles. The molecule has 0 radical (unpaired) electrons. The van der Waals surface area contributed by atoms with Crippen molar-refractivity contribution in [3.63, 3.8) is 0 Å². The SMILES string of the molecule is C[C@H](ON)C(=O)N[C@@H](CC(=O)O)C(=O)N[C@@H](Cc1ccccc1)C(=O)O. The monoisotopic (exact) mass is 367 g/mol. The normalized spacial score (nSPS) is 13.9. The second kappa shape index (κ2) is 10.1. The van der Waals surface area contributed by atoms with E-state index in [1.165, 1.54) is 6.92 Å². The van der Waals surface area contributed by atoms with E-state index in [9.17, 15) is 24.3 Å². The zero-order valence-electron chi connectivity index (χ0n) is 14.0. The van der Waals surface area contributed by atoms with E-state index in [2.05, 4.69) is 15.5 Å². The van der Waals surface area contributed by atoms with E-state index in [0.29, 0.717) is 5.56 Å². The van der Waals surface area contributed by atoms with Gasteiger partial charge in [0.15, 0.2) is 6.10 Å². The van der Waals surface area contributed by atoms with Gasteiger partial charge in [-0.05, 0) is 12.5 Å². The van der Waals surface area contributed by atoms with Gasteiger partial charge < -0.3 is 20.8 Å². The molecule has 0 bridgehead atoms. The van der Waals surface area contributed by atoms with E-state index in [1.54, 1.807) is 30.3 Å². The molecule has 0 heterocycles. The fraction of sp³-hybridized carbons (Fsp3) is 0.375. The average Bonchev–Trinajstić information content (AvgIpc) is 2.60. The lowest BCUT2D eigenvalue weighted by molar-refractivity contribution is -0.144. The van der Waals surface area contributed by atoms with Crippen molar-refractivity contribution in [1.82, 2.24) is 10.6 Å². The number of carbonyl (C=O) groups is 4. The molecule has 0 aliphatic rings. The Kier molecular flexibility index (Phi) is 8.19. The third-order valence-electron chi connectivity index (χ3n) is 3.48. The number of nitrogens with two attached hydrogens (primary N) is 1. The van der Waals surface area contributed by atoms with Crippen LogP contribution in [0.15, 0.2) is 30.3 Å². The zero-order chi connectivity index (χ0) is 19.7. The van der Waals surface area contributed by atoms with Gasteiger partial charge in [-0.1, -0.05) is 30.3 Å². The van der Waals surface area contributed by atoms with Gasteiger partial charge in [0.1, 0.15) is 12.1 Å². The van der Waals surface area contributed by atoms with E-state index in [4.69, 9.17) is 11.0 Å². The molecule has 10 nitrogen and oxygen atoms in total. The summed E-state index contributed by atoms with van der Waals surface area (Å²) < 4.78 is 0. The summed E-state index contributed by atoms with van der Waals surface area (Å²) in [7, 11) is 0. The summed E-state index contributed by atoms with van der Waals surface area (Å²) in [6, 6.07) is 5.82. The Labute approximate surface area is 149 Å². The van der Waals surface area contributed by atoms with Gasteiger partial charge in [0.2, 0.25) is 5.91 Å². The standard InChI is InChI=1S/C16H21N3O7/c1-9(26-17)14(22)18-11(8-13(20)21)15(23)19-12(16(24)25)7-10-5-3-2-4-6-10/h2-6,9,11-12H,7-8,17H2,1H3,(H,18,22)(H,19,23)(H,20,21)(H,24,25)/t9-,11-,12-/m0/s1. The molecule has 0 aromatic heterocycles. The largest absolute Gasteiger partial charge is 0.481 e. The lowest BCUT2D eigenvalue weighted by Crippen LogP contribution is -2.54. The molecule has 0 spiro atoms. The number of aliphatic carboxylic acids is 2. The number of benzene rings is 1. The average molecular weight is 367 g/mol. The summed E-state index contributed by atoms with van der Waals surface area (Å²) in [5.41, 5.74) is 0.671. The molecule has 3 atom stereocenters. The number of nitrogens with one attached hydrogen (secondary N) is 2. The van der Waals surface area contributed by atoms with Crippen LogP contribution in [0.2, 0.25) is 0 Å². The van der Waals surface area contributed by atoms with Crippen molar-refractivity contribution >= 4 is 23.8 Å². The van der Waals surface area contributed by atoms with Gasteiger partial charge in [0, 0.05) is 6.42 Å². The Hall–Kier alpha value is -2.98. The van der Waals surface area contributed by atoms with E-state index in [0.717, 1.165) is 0 Å². The molecule has 0 aliphatic carbocycles. The van der Waals surface area contributed by atoms with Crippen LogP contribution in [-0.2, 0) is 30.4 Å². The Morgan fingerprint density at radius 1 is 1.04 bits per heavy atom. The highest BCUT2D eigenvalue weighted by Gasteiger charge is 2.29. The highest BCUT2D eigenvalue weighted by molar-refractivity contribution is 5.93. The molecule has 142 valence electrons. The number of carboxylic acid groups (broad SMARTS) is 2. The lowest BCUT2D eigenvalue weighted by atomic mass is 10.1. The summed E-state index contributed by atoms with van der Waals surface area (Å²) >= 11 is 0. The van der Waals surface area contributed by atoms with Crippen LogP contribution in [0.4, 0.5) is 0 Å². The highest BCUT2D eigenvalue weighted by Crippen LogP contribution is 2.05. The van der Waals surface area contributed by atoms with Crippen molar-refractivity contribution in [2.45, 2.75) is 38.0 Å². The molecular formula is C16H21N3O7. The van der Waals surface area contributed by atoms with Crippen LogP contribution < -0.4 is 16.5 Å². The van der Waals surface area contributed by atoms with Crippen LogP contribution >= 0.6 is 0 Å². The van der Waals surface area contributed by atoms with Gasteiger partial charge >= 0.3 is 11.9 Å². The predicted octanol–water partition coefficient (Wildman–Crippen LogP) is -0.963. The van der Waals surface area contributed by atoms with Crippen LogP contribution in [0.1, 0.15) is 18.9 Å². The second-order valence-corrected chi connectivity index (χ2v) is 5.53. The zero-order valence-corrected chi connectivity index (χ0v) is 14.0. The molecule has 2 amide bonds. The summed E-state index contributed by atoms with van der Waals surface area (Å²) in [6.45, 7) is 1.31. The number of amides is 2. The molecule has 0 saturated heterocycles. The van der Waals surface area contributed by atoms with Crippen LogP contribution in [0.5, 0.6) is 0 Å². The number of carboxylic acids is 2. The number of carbonyl (C=O) groups excluding carboxylic acids is 2. The summed E-state index contributed by atoms with van der Waals surface area (Å²) in [5.74, 6) is 0.502. The lowest BCUT2D eigenvalue weighted by Gasteiger charge is -2.21. The fourth-order valence-corrected chi connectivity index (χ4v) is 2.06. The van der Waals surface area contributed by atoms with Crippen LogP contribution in [-0.4, -0.2) is 52.2 Å². The molecule has 1 aromatic rings. The first kappa shape index (κ1) is 21.1.